The fourth-order valence-electron chi connectivity index (χ4n) is 1.55. The summed E-state index contributed by atoms with van der Waals surface area (Å²) in [6, 6.07) is 2.27. The largest absolute Gasteiger partial charge is 0.354 e. The van der Waals surface area contributed by atoms with Gasteiger partial charge in [-0.1, -0.05) is 13.8 Å². The predicted molar refractivity (Wildman–Crippen MR) is 61.1 cm³/mol. The molecule has 2 heteroatoms. The van der Waals surface area contributed by atoms with Gasteiger partial charge in [0.15, 0.2) is 0 Å². The minimum absolute atomic E-state index is 0.154. The van der Waals surface area contributed by atoms with Crippen LogP contribution in [0, 0.1) is 5.92 Å². The summed E-state index contributed by atoms with van der Waals surface area (Å²) in [5.41, 5.74) is 7.02. The Morgan fingerprint density at radius 1 is 1.36 bits per heavy atom. The van der Waals surface area contributed by atoms with E-state index in [9.17, 15) is 0 Å². The van der Waals surface area contributed by atoms with Crippen molar-refractivity contribution in [3.8, 4) is 0 Å². The van der Waals surface area contributed by atoms with E-state index in [1.165, 1.54) is 18.4 Å². The van der Waals surface area contributed by atoms with Crippen LogP contribution in [0.25, 0.3) is 0 Å². The number of nitrogens with zero attached hydrogens (tertiary/aromatic N) is 1. The Bertz CT molecular complexity index is 261. The molecule has 0 radical (unpaired) electrons. The van der Waals surface area contributed by atoms with Crippen LogP contribution in [0.4, 0.5) is 0 Å². The van der Waals surface area contributed by atoms with Gasteiger partial charge in [0.2, 0.25) is 0 Å². The molecule has 1 unspecified atom stereocenters. The number of aromatic nitrogens is 1. The van der Waals surface area contributed by atoms with E-state index in [2.05, 4.69) is 36.9 Å². The van der Waals surface area contributed by atoms with Gasteiger partial charge in [0.1, 0.15) is 0 Å². The van der Waals surface area contributed by atoms with E-state index in [0.29, 0.717) is 0 Å². The number of hydrogen-bond donors (Lipinski definition) is 1. The Balaban J connectivity index is 2.36. The van der Waals surface area contributed by atoms with Gasteiger partial charge in [0.25, 0.3) is 0 Å². The van der Waals surface area contributed by atoms with Gasteiger partial charge in [0, 0.05) is 25.0 Å². The molecule has 1 aromatic heterocycles. The molecule has 80 valence electrons. The van der Waals surface area contributed by atoms with Crippen molar-refractivity contribution in [2.75, 3.05) is 0 Å². The maximum atomic E-state index is 5.79. The van der Waals surface area contributed by atoms with Crippen molar-refractivity contribution in [1.82, 2.24) is 4.57 Å². The van der Waals surface area contributed by atoms with Crippen LogP contribution in [0.1, 0.15) is 45.2 Å². The zero-order valence-corrected chi connectivity index (χ0v) is 9.53. The first-order valence-electron chi connectivity index (χ1n) is 5.51. The van der Waals surface area contributed by atoms with Crippen LogP contribution in [0.2, 0.25) is 0 Å². The molecule has 1 atom stereocenters. The van der Waals surface area contributed by atoms with Crippen LogP contribution >= 0.6 is 0 Å². The summed E-state index contributed by atoms with van der Waals surface area (Å²) in [6.45, 7) is 7.67. The standard InChI is InChI=1S/C12H22N2/c1-10(2)5-4-7-14-8-6-12(9-14)11(3)13/h6,8-11H,4-5,7,13H2,1-3H3. The molecule has 0 fully saturated rings. The SMILES string of the molecule is CC(C)CCCn1ccc(C(C)N)c1. The molecule has 0 spiro atoms. The lowest BCUT2D eigenvalue weighted by molar-refractivity contribution is 0.512. The number of aryl methyl sites for hydroxylation is 1. The lowest BCUT2D eigenvalue weighted by Crippen LogP contribution is -2.03. The van der Waals surface area contributed by atoms with Gasteiger partial charge >= 0.3 is 0 Å². The summed E-state index contributed by atoms with van der Waals surface area (Å²) >= 11 is 0. The van der Waals surface area contributed by atoms with Crippen LogP contribution in [-0.4, -0.2) is 4.57 Å². The molecule has 0 aromatic carbocycles. The summed E-state index contributed by atoms with van der Waals surface area (Å²) in [7, 11) is 0. The second-order valence-corrected chi connectivity index (χ2v) is 4.51. The van der Waals surface area contributed by atoms with E-state index >= 15 is 0 Å². The molecule has 0 aliphatic rings. The van der Waals surface area contributed by atoms with Crippen molar-refractivity contribution >= 4 is 0 Å². The third kappa shape index (κ3) is 3.54. The van der Waals surface area contributed by atoms with Crippen LogP contribution in [0.3, 0.4) is 0 Å². The van der Waals surface area contributed by atoms with Crippen molar-refractivity contribution in [2.24, 2.45) is 11.7 Å². The zero-order chi connectivity index (χ0) is 10.6. The van der Waals surface area contributed by atoms with Gasteiger partial charge in [-0.05, 0) is 37.3 Å². The molecule has 0 aliphatic heterocycles. The molecule has 14 heavy (non-hydrogen) atoms. The van der Waals surface area contributed by atoms with Gasteiger partial charge in [0.05, 0.1) is 0 Å². The second kappa shape index (κ2) is 5.20. The summed E-state index contributed by atoms with van der Waals surface area (Å²) in [6.07, 6.45) is 6.83. The molecule has 1 heterocycles. The highest BCUT2D eigenvalue weighted by Crippen LogP contribution is 2.11. The highest BCUT2D eigenvalue weighted by atomic mass is 14.9. The third-order valence-corrected chi connectivity index (χ3v) is 2.50. The molecule has 0 saturated heterocycles. The second-order valence-electron chi connectivity index (χ2n) is 4.51. The molecule has 1 aromatic rings. The summed E-state index contributed by atoms with van der Waals surface area (Å²) in [5, 5.41) is 0. The van der Waals surface area contributed by atoms with Crippen LogP contribution < -0.4 is 5.73 Å². The fourth-order valence-corrected chi connectivity index (χ4v) is 1.55. The van der Waals surface area contributed by atoms with E-state index in [1.54, 1.807) is 0 Å². The first-order valence-corrected chi connectivity index (χ1v) is 5.51. The Morgan fingerprint density at radius 3 is 2.57 bits per heavy atom. The van der Waals surface area contributed by atoms with Crippen molar-refractivity contribution in [1.29, 1.82) is 0 Å². The molecule has 0 bridgehead atoms. The summed E-state index contributed by atoms with van der Waals surface area (Å²) in [4.78, 5) is 0. The lowest BCUT2D eigenvalue weighted by Gasteiger charge is -2.05. The Labute approximate surface area is 87.1 Å². The van der Waals surface area contributed by atoms with Gasteiger partial charge in [-0.15, -0.1) is 0 Å². The van der Waals surface area contributed by atoms with Gasteiger partial charge < -0.3 is 10.3 Å². The van der Waals surface area contributed by atoms with Crippen LogP contribution in [0.5, 0.6) is 0 Å². The third-order valence-electron chi connectivity index (χ3n) is 2.50. The lowest BCUT2D eigenvalue weighted by atomic mass is 10.1. The van der Waals surface area contributed by atoms with Gasteiger partial charge in [-0.25, -0.2) is 0 Å². The number of rotatable bonds is 5. The average Bonchev–Trinajstić information content (AvgIpc) is 2.52. The molecule has 0 saturated carbocycles. The minimum Gasteiger partial charge on any atom is -0.354 e. The van der Waals surface area contributed by atoms with Gasteiger partial charge in [-0.2, -0.15) is 0 Å². The van der Waals surface area contributed by atoms with Crippen molar-refractivity contribution in [3.63, 3.8) is 0 Å². The first-order chi connectivity index (χ1) is 6.59. The quantitative estimate of drug-likeness (QED) is 0.767. The van der Waals surface area contributed by atoms with E-state index in [4.69, 9.17) is 5.73 Å². The molecule has 2 nitrogen and oxygen atoms in total. The smallest absolute Gasteiger partial charge is 0.0281 e. The molecule has 0 amide bonds. The monoisotopic (exact) mass is 194 g/mol. The first kappa shape index (κ1) is 11.3. The van der Waals surface area contributed by atoms with E-state index in [-0.39, 0.29) is 6.04 Å². The Morgan fingerprint density at radius 2 is 2.07 bits per heavy atom. The predicted octanol–water partition coefficient (Wildman–Crippen LogP) is 2.94. The highest BCUT2D eigenvalue weighted by Gasteiger charge is 2.01. The van der Waals surface area contributed by atoms with Crippen molar-refractivity contribution in [3.05, 3.63) is 24.0 Å². The molecular weight excluding hydrogens is 172 g/mol. The van der Waals surface area contributed by atoms with E-state index in [1.807, 2.05) is 6.92 Å². The maximum Gasteiger partial charge on any atom is 0.0281 e. The number of nitrogens with two attached hydrogens (primary N) is 1. The normalized spacial score (nSPS) is 13.5. The minimum atomic E-state index is 0.154. The average molecular weight is 194 g/mol. The molecule has 0 aliphatic carbocycles. The zero-order valence-electron chi connectivity index (χ0n) is 9.53. The fraction of sp³-hybridized carbons (Fsp3) is 0.667. The molecule has 1 rings (SSSR count). The Hall–Kier alpha value is -0.760. The number of hydrogen-bond acceptors (Lipinski definition) is 1. The topological polar surface area (TPSA) is 30.9 Å². The summed E-state index contributed by atoms with van der Waals surface area (Å²) in [5.74, 6) is 0.804. The van der Waals surface area contributed by atoms with E-state index in [0.717, 1.165) is 12.5 Å². The molecular formula is C12H22N2. The van der Waals surface area contributed by atoms with Crippen LogP contribution in [-0.2, 0) is 6.54 Å². The summed E-state index contributed by atoms with van der Waals surface area (Å²) < 4.78 is 2.24. The van der Waals surface area contributed by atoms with Crippen molar-refractivity contribution < 1.29 is 0 Å². The molecule has 2 N–H and O–H groups in total. The van der Waals surface area contributed by atoms with Gasteiger partial charge in [-0.3, -0.25) is 0 Å². The van der Waals surface area contributed by atoms with Crippen LogP contribution in [0.15, 0.2) is 18.5 Å². The van der Waals surface area contributed by atoms with Crippen molar-refractivity contribution in [2.45, 2.75) is 46.2 Å². The highest BCUT2D eigenvalue weighted by molar-refractivity contribution is 5.13. The van der Waals surface area contributed by atoms with E-state index < -0.39 is 0 Å². The Kier molecular flexibility index (Phi) is 4.21. The maximum absolute atomic E-state index is 5.79.